The van der Waals surface area contributed by atoms with Crippen molar-refractivity contribution in [3.8, 4) is 0 Å². The molecule has 1 aliphatic carbocycles. The van der Waals surface area contributed by atoms with Gasteiger partial charge in [-0.15, -0.1) is 0 Å². The predicted octanol–water partition coefficient (Wildman–Crippen LogP) is 2.23. The predicted molar refractivity (Wildman–Crippen MR) is 78.8 cm³/mol. The Bertz CT molecular complexity index is 515. The number of halogens is 1. The molecule has 0 radical (unpaired) electrons. The second kappa shape index (κ2) is 5.40. The second-order valence-corrected chi connectivity index (χ2v) is 7.89. The van der Waals surface area contributed by atoms with Crippen LogP contribution in [-0.2, 0) is 10.8 Å². The van der Waals surface area contributed by atoms with Crippen LogP contribution in [-0.4, -0.2) is 32.2 Å². The average Bonchev–Trinajstić information content (AvgIpc) is 3.15. The Balaban J connectivity index is 1.68. The minimum Gasteiger partial charge on any atom is -0.348 e. The highest BCUT2D eigenvalue weighted by atomic mass is 79.9. The lowest BCUT2D eigenvalue weighted by atomic mass is 10.1. The molecule has 1 aromatic heterocycles. The van der Waals surface area contributed by atoms with Gasteiger partial charge in [-0.3, -0.25) is 9.00 Å². The van der Waals surface area contributed by atoms with Gasteiger partial charge in [-0.1, -0.05) is 0 Å². The molecule has 2 heterocycles. The summed E-state index contributed by atoms with van der Waals surface area (Å²) in [5.41, 5.74) is 0.737. The molecule has 0 unspecified atom stereocenters. The van der Waals surface area contributed by atoms with Crippen molar-refractivity contribution in [2.24, 2.45) is 0 Å². The third-order valence-electron chi connectivity index (χ3n) is 3.71. The standard InChI is InChI=1S/C13H17BrN2O2S/c14-9-7-12(16(8-9)11-1-2-11)13(17)15-10-3-5-19(18)6-4-10/h7-8,10-11H,1-6H2,(H,15,17). The molecule has 3 rings (SSSR count). The summed E-state index contributed by atoms with van der Waals surface area (Å²) in [5, 5.41) is 3.08. The van der Waals surface area contributed by atoms with Crippen LogP contribution < -0.4 is 5.32 Å². The molecule has 104 valence electrons. The van der Waals surface area contributed by atoms with E-state index in [1.165, 1.54) is 0 Å². The average molecular weight is 345 g/mol. The first-order valence-electron chi connectivity index (χ1n) is 6.66. The lowest BCUT2D eigenvalue weighted by Crippen LogP contribution is -2.40. The van der Waals surface area contributed by atoms with E-state index in [9.17, 15) is 9.00 Å². The summed E-state index contributed by atoms with van der Waals surface area (Å²) in [6.07, 6.45) is 5.95. The fourth-order valence-electron chi connectivity index (χ4n) is 2.48. The molecule has 1 saturated carbocycles. The monoisotopic (exact) mass is 344 g/mol. The van der Waals surface area contributed by atoms with Gasteiger partial charge in [-0.25, -0.2) is 0 Å². The Morgan fingerprint density at radius 3 is 2.63 bits per heavy atom. The van der Waals surface area contributed by atoms with Gasteiger partial charge in [0, 0.05) is 45.1 Å². The summed E-state index contributed by atoms with van der Waals surface area (Å²) in [6, 6.07) is 2.55. The van der Waals surface area contributed by atoms with E-state index in [-0.39, 0.29) is 11.9 Å². The summed E-state index contributed by atoms with van der Waals surface area (Å²) in [5.74, 6) is 1.41. The Kier molecular flexibility index (Phi) is 3.80. The van der Waals surface area contributed by atoms with Crippen molar-refractivity contribution in [1.29, 1.82) is 0 Å². The van der Waals surface area contributed by atoms with Gasteiger partial charge in [0.1, 0.15) is 5.69 Å². The topological polar surface area (TPSA) is 51.1 Å². The third-order valence-corrected chi connectivity index (χ3v) is 5.53. The van der Waals surface area contributed by atoms with Gasteiger partial charge in [0.15, 0.2) is 0 Å². The van der Waals surface area contributed by atoms with E-state index in [1.807, 2.05) is 12.3 Å². The summed E-state index contributed by atoms with van der Waals surface area (Å²) < 4.78 is 14.3. The van der Waals surface area contributed by atoms with Crippen LogP contribution in [0.4, 0.5) is 0 Å². The molecule has 1 N–H and O–H groups in total. The molecule has 1 aliphatic heterocycles. The van der Waals surface area contributed by atoms with Crippen molar-refractivity contribution in [1.82, 2.24) is 9.88 Å². The minimum absolute atomic E-state index is 0.00437. The Morgan fingerprint density at radius 2 is 2.00 bits per heavy atom. The van der Waals surface area contributed by atoms with Gasteiger partial charge >= 0.3 is 0 Å². The molecule has 0 bridgehead atoms. The van der Waals surface area contributed by atoms with Crippen molar-refractivity contribution in [3.63, 3.8) is 0 Å². The van der Waals surface area contributed by atoms with Gasteiger partial charge < -0.3 is 9.88 Å². The van der Waals surface area contributed by atoms with Crippen LogP contribution in [0.5, 0.6) is 0 Å². The van der Waals surface area contributed by atoms with E-state index in [0.717, 1.165) is 35.8 Å². The Hall–Kier alpha value is -0.620. The first kappa shape index (κ1) is 13.4. The van der Waals surface area contributed by atoms with Crippen molar-refractivity contribution in [2.45, 2.75) is 37.8 Å². The van der Waals surface area contributed by atoms with Crippen molar-refractivity contribution < 1.29 is 9.00 Å². The number of nitrogens with zero attached hydrogens (tertiary/aromatic N) is 1. The summed E-state index contributed by atoms with van der Waals surface area (Å²) >= 11 is 3.44. The molecular formula is C13H17BrN2O2S. The largest absolute Gasteiger partial charge is 0.348 e. The van der Waals surface area contributed by atoms with E-state index in [4.69, 9.17) is 0 Å². The van der Waals surface area contributed by atoms with E-state index in [2.05, 4.69) is 25.8 Å². The zero-order valence-electron chi connectivity index (χ0n) is 10.6. The van der Waals surface area contributed by atoms with Crippen LogP contribution in [0.1, 0.15) is 42.2 Å². The molecular weight excluding hydrogens is 328 g/mol. The highest BCUT2D eigenvalue weighted by molar-refractivity contribution is 9.10. The van der Waals surface area contributed by atoms with Crippen LogP contribution in [0.3, 0.4) is 0 Å². The number of rotatable bonds is 3. The fourth-order valence-corrected chi connectivity index (χ4v) is 4.22. The molecule has 2 fully saturated rings. The minimum atomic E-state index is -0.682. The maximum atomic E-state index is 12.3. The number of hydrogen-bond acceptors (Lipinski definition) is 2. The first-order chi connectivity index (χ1) is 9.13. The molecule has 0 aromatic carbocycles. The van der Waals surface area contributed by atoms with Crippen LogP contribution in [0.25, 0.3) is 0 Å². The normalized spacial score (nSPS) is 27.2. The SMILES string of the molecule is O=C(NC1CCS(=O)CC1)c1cc(Br)cn1C1CC1. The molecule has 0 atom stereocenters. The van der Waals surface area contributed by atoms with E-state index in [1.54, 1.807) is 0 Å². The first-order valence-corrected chi connectivity index (χ1v) is 8.95. The molecule has 19 heavy (non-hydrogen) atoms. The van der Waals surface area contributed by atoms with Gasteiger partial charge in [0.2, 0.25) is 0 Å². The summed E-state index contributed by atoms with van der Waals surface area (Å²) in [6.45, 7) is 0. The lowest BCUT2D eigenvalue weighted by Gasteiger charge is -2.22. The Labute approximate surface area is 123 Å². The van der Waals surface area contributed by atoms with Gasteiger partial charge in [-0.05, 0) is 47.7 Å². The summed E-state index contributed by atoms with van der Waals surface area (Å²) in [7, 11) is -0.682. The fraction of sp³-hybridized carbons (Fsp3) is 0.615. The lowest BCUT2D eigenvalue weighted by molar-refractivity contribution is 0.0925. The van der Waals surface area contributed by atoms with Crippen LogP contribution in [0.15, 0.2) is 16.7 Å². The molecule has 2 aliphatic rings. The van der Waals surface area contributed by atoms with Crippen molar-refractivity contribution >= 4 is 32.6 Å². The summed E-state index contributed by atoms with van der Waals surface area (Å²) in [4.78, 5) is 12.3. The number of carbonyl (C=O) groups excluding carboxylic acids is 1. The second-order valence-electron chi connectivity index (χ2n) is 5.28. The molecule has 4 nitrogen and oxygen atoms in total. The zero-order valence-corrected chi connectivity index (χ0v) is 13.0. The quantitative estimate of drug-likeness (QED) is 0.913. The highest BCUT2D eigenvalue weighted by Crippen LogP contribution is 2.37. The number of aromatic nitrogens is 1. The zero-order chi connectivity index (χ0) is 13.4. The maximum Gasteiger partial charge on any atom is 0.268 e. The molecule has 1 amide bonds. The van der Waals surface area contributed by atoms with Gasteiger partial charge in [-0.2, -0.15) is 0 Å². The van der Waals surface area contributed by atoms with E-state index >= 15 is 0 Å². The molecule has 6 heteroatoms. The van der Waals surface area contributed by atoms with Crippen LogP contribution in [0, 0.1) is 0 Å². The third kappa shape index (κ3) is 3.11. The molecule has 1 saturated heterocycles. The van der Waals surface area contributed by atoms with E-state index < -0.39 is 10.8 Å². The van der Waals surface area contributed by atoms with Crippen LogP contribution >= 0.6 is 15.9 Å². The molecule has 1 aromatic rings. The van der Waals surface area contributed by atoms with Gasteiger partial charge in [0.25, 0.3) is 5.91 Å². The smallest absolute Gasteiger partial charge is 0.268 e. The van der Waals surface area contributed by atoms with Gasteiger partial charge in [0.05, 0.1) is 0 Å². The molecule has 0 spiro atoms. The van der Waals surface area contributed by atoms with Crippen LogP contribution in [0.2, 0.25) is 0 Å². The number of carbonyl (C=O) groups is 1. The maximum absolute atomic E-state index is 12.3. The highest BCUT2D eigenvalue weighted by Gasteiger charge is 2.29. The van der Waals surface area contributed by atoms with Crippen molar-refractivity contribution in [2.75, 3.05) is 11.5 Å². The number of amides is 1. The number of hydrogen-bond donors (Lipinski definition) is 1. The Morgan fingerprint density at radius 1 is 1.32 bits per heavy atom. The van der Waals surface area contributed by atoms with Crippen molar-refractivity contribution in [3.05, 3.63) is 22.4 Å². The van der Waals surface area contributed by atoms with E-state index in [0.29, 0.717) is 17.5 Å². The number of nitrogens with one attached hydrogen (secondary N) is 1.